The molecule has 5 heteroatoms. The van der Waals surface area contributed by atoms with Crippen LogP contribution in [0.1, 0.15) is 17.5 Å². The summed E-state index contributed by atoms with van der Waals surface area (Å²) < 4.78 is 1.25. The quantitative estimate of drug-likeness (QED) is 0.482. The highest BCUT2D eigenvalue weighted by Gasteiger charge is 2.21. The van der Waals surface area contributed by atoms with Gasteiger partial charge in [0.1, 0.15) is 0 Å². The Kier molecular flexibility index (Phi) is 3.65. The molecule has 4 nitrogen and oxygen atoms in total. The van der Waals surface area contributed by atoms with Gasteiger partial charge in [-0.05, 0) is 50.2 Å². The lowest BCUT2D eigenvalue weighted by Gasteiger charge is -2.12. The molecular formula is C22H20N4S. The Morgan fingerprint density at radius 3 is 2.85 bits per heavy atom. The van der Waals surface area contributed by atoms with E-state index in [4.69, 9.17) is 4.98 Å². The molecule has 1 atom stereocenters. The van der Waals surface area contributed by atoms with Gasteiger partial charge >= 0.3 is 0 Å². The maximum Gasteiger partial charge on any atom is 0.0740 e. The average Bonchev–Trinajstić information content (AvgIpc) is 2.99. The van der Waals surface area contributed by atoms with Gasteiger partial charge in [0.25, 0.3) is 0 Å². The van der Waals surface area contributed by atoms with E-state index in [1.54, 1.807) is 11.3 Å². The summed E-state index contributed by atoms with van der Waals surface area (Å²) in [4.78, 5) is 10.5. The molecule has 1 aliphatic heterocycles. The van der Waals surface area contributed by atoms with Gasteiger partial charge in [0.15, 0.2) is 0 Å². The van der Waals surface area contributed by atoms with Crippen molar-refractivity contribution in [2.24, 2.45) is 0 Å². The Balaban J connectivity index is 1.71. The number of rotatable bonds is 1. The fraction of sp³-hybridized carbons (Fsp3) is 0.182. The maximum absolute atomic E-state index is 4.91. The van der Waals surface area contributed by atoms with Crippen molar-refractivity contribution in [2.45, 2.75) is 19.9 Å². The molecule has 1 aliphatic rings. The molecule has 0 saturated heterocycles. The summed E-state index contributed by atoms with van der Waals surface area (Å²) in [6, 6.07) is 13.0. The number of anilines is 1. The van der Waals surface area contributed by atoms with E-state index in [1.165, 1.54) is 26.0 Å². The molecular weight excluding hydrogens is 352 g/mol. The fourth-order valence-corrected chi connectivity index (χ4v) is 4.76. The van der Waals surface area contributed by atoms with E-state index in [9.17, 15) is 0 Å². The minimum atomic E-state index is 0.348. The zero-order valence-electron chi connectivity index (χ0n) is 15.3. The van der Waals surface area contributed by atoms with Gasteiger partial charge in [-0.25, -0.2) is 4.98 Å². The van der Waals surface area contributed by atoms with Crippen LogP contribution in [0.4, 0.5) is 5.69 Å². The van der Waals surface area contributed by atoms with Crippen molar-refractivity contribution < 1.29 is 0 Å². The van der Waals surface area contributed by atoms with E-state index in [1.807, 2.05) is 19.2 Å². The molecule has 4 heterocycles. The summed E-state index contributed by atoms with van der Waals surface area (Å²) in [5, 5.41) is 9.51. The van der Waals surface area contributed by atoms with Crippen molar-refractivity contribution >= 4 is 43.7 Å². The molecule has 0 amide bonds. The topological polar surface area (TPSA) is 49.8 Å². The zero-order chi connectivity index (χ0) is 18.5. The molecule has 5 rings (SSSR count). The van der Waals surface area contributed by atoms with Crippen LogP contribution in [-0.2, 0) is 0 Å². The standard InChI is InChI=1S/C22H20N4S/c1-12-4-5-15(11-23-12)17-7-6-16-18(26-17)8-9-19-20(16)21-22(27-19)14(3)25-13(2)10-24-21/h4-9,11,13,24-25H,3,10H2,1-2H3/t13-/m1/s1. The number of thiophene rings is 1. The average molecular weight is 372 g/mol. The van der Waals surface area contributed by atoms with Gasteiger partial charge in [0, 0.05) is 51.2 Å². The Morgan fingerprint density at radius 1 is 1.15 bits per heavy atom. The zero-order valence-corrected chi connectivity index (χ0v) is 16.2. The van der Waals surface area contributed by atoms with Crippen molar-refractivity contribution in [2.75, 3.05) is 11.9 Å². The Bertz CT molecular complexity index is 1190. The predicted molar refractivity (Wildman–Crippen MR) is 115 cm³/mol. The third kappa shape index (κ3) is 2.66. The monoisotopic (exact) mass is 372 g/mol. The summed E-state index contributed by atoms with van der Waals surface area (Å²) in [5.41, 5.74) is 6.16. The number of fused-ring (bicyclic) bond motifs is 5. The Morgan fingerprint density at radius 2 is 2.04 bits per heavy atom. The number of hydrogen-bond acceptors (Lipinski definition) is 5. The molecule has 0 radical (unpaired) electrons. The molecule has 3 aromatic heterocycles. The van der Waals surface area contributed by atoms with Crippen molar-refractivity contribution in [3.63, 3.8) is 0 Å². The molecule has 2 N–H and O–H groups in total. The van der Waals surface area contributed by atoms with Gasteiger partial charge in [-0.3, -0.25) is 4.98 Å². The maximum atomic E-state index is 4.91. The molecule has 0 unspecified atom stereocenters. The molecule has 134 valence electrons. The molecule has 0 bridgehead atoms. The first-order valence-electron chi connectivity index (χ1n) is 9.09. The van der Waals surface area contributed by atoms with Crippen LogP contribution in [0.25, 0.3) is 37.9 Å². The number of aromatic nitrogens is 2. The first-order valence-corrected chi connectivity index (χ1v) is 9.91. The van der Waals surface area contributed by atoms with Gasteiger partial charge in [-0.15, -0.1) is 11.3 Å². The lowest BCUT2D eigenvalue weighted by molar-refractivity contribution is 0.690. The van der Waals surface area contributed by atoms with Gasteiger partial charge in [-0.2, -0.15) is 0 Å². The highest BCUT2D eigenvalue weighted by Crippen LogP contribution is 2.43. The van der Waals surface area contributed by atoms with Crippen LogP contribution in [0.5, 0.6) is 0 Å². The largest absolute Gasteiger partial charge is 0.381 e. The number of hydrogen-bond donors (Lipinski definition) is 2. The summed E-state index contributed by atoms with van der Waals surface area (Å²) in [6.45, 7) is 9.27. The Hall–Kier alpha value is -2.92. The van der Waals surface area contributed by atoms with Gasteiger partial charge in [-0.1, -0.05) is 6.58 Å². The molecule has 4 aromatic rings. The third-order valence-corrected chi connectivity index (χ3v) is 6.22. The number of pyridine rings is 2. The van der Waals surface area contributed by atoms with Crippen molar-refractivity contribution in [3.8, 4) is 11.3 Å². The molecule has 0 saturated carbocycles. The van der Waals surface area contributed by atoms with Crippen LogP contribution in [0, 0.1) is 6.92 Å². The molecule has 1 aromatic carbocycles. The third-order valence-electron chi connectivity index (χ3n) is 5.01. The second-order valence-corrected chi connectivity index (χ2v) is 8.15. The smallest absolute Gasteiger partial charge is 0.0740 e. The normalized spacial score (nSPS) is 16.7. The predicted octanol–water partition coefficient (Wildman–Crippen LogP) is 5.19. The minimum Gasteiger partial charge on any atom is -0.381 e. The lowest BCUT2D eigenvalue weighted by Crippen LogP contribution is -2.28. The summed E-state index contributed by atoms with van der Waals surface area (Å²) in [7, 11) is 0. The van der Waals surface area contributed by atoms with Crippen LogP contribution in [-0.4, -0.2) is 22.6 Å². The second kappa shape index (κ2) is 6.06. The van der Waals surface area contributed by atoms with Crippen LogP contribution in [0.3, 0.4) is 0 Å². The number of nitrogens with zero attached hydrogens (tertiary/aromatic N) is 2. The first kappa shape index (κ1) is 16.3. The van der Waals surface area contributed by atoms with E-state index in [2.05, 4.69) is 59.5 Å². The van der Waals surface area contributed by atoms with E-state index in [0.717, 1.165) is 34.7 Å². The van der Waals surface area contributed by atoms with Crippen LogP contribution < -0.4 is 10.6 Å². The molecule has 0 aliphatic carbocycles. The fourth-order valence-electron chi connectivity index (χ4n) is 3.63. The van der Waals surface area contributed by atoms with Gasteiger partial charge in [0.05, 0.1) is 21.8 Å². The van der Waals surface area contributed by atoms with Crippen LogP contribution >= 0.6 is 11.3 Å². The van der Waals surface area contributed by atoms with Crippen molar-refractivity contribution in [1.82, 2.24) is 15.3 Å². The van der Waals surface area contributed by atoms with E-state index in [0.29, 0.717) is 6.04 Å². The van der Waals surface area contributed by atoms with E-state index in [-0.39, 0.29) is 0 Å². The lowest BCUT2D eigenvalue weighted by atomic mass is 10.1. The molecule has 0 fully saturated rings. The van der Waals surface area contributed by atoms with E-state index >= 15 is 0 Å². The van der Waals surface area contributed by atoms with Crippen molar-refractivity contribution in [1.29, 1.82) is 0 Å². The summed E-state index contributed by atoms with van der Waals surface area (Å²) >= 11 is 1.78. The summed E-state index contributed by atoms with van der Waals surface area (Å²) in [5.74, 6) is 0. The SMILES string of the molecule is C=C1N[C@H](C)CNc2c1sc1ccc3nc(-c4ccc(C)nc4)ccc3c21. The highest BCUT2D eigenvalue weighted by molar-refractivity contribution is 7.21. The molecule has 0 spiro atoms. The van der Waals surface area contributed by atoms with Crippen LogP contribution in [0.2, 0.25) is 0 Å². The highest BCUT2D eigenvalue weighted by atomic mass is 32.1. The van der Waals surface area contributed by atoms with Gasteiger partial charge < -0.3 is 10.6 Å². The number of benzene rings is 1. The summed E-state index contributed by atoms with van der Waals surface area (Å²) in [6.07, 6.45) is 1.89. The van der Waals surface area contributed by atoms with Crippen molar-refractivity contribution in [3.05, 3.63) is 59.7 Å². The second-order valence-electron chi connectivity index (χ2n) is 7.10. The minimum absolute atomic E-state index is 0.348. The molecule has 27 heavy (non-hydrogen) atoms. The Labute approximate surface area is 162 Å². The number of nitrogens with one attached hydrogen (secondary N) is 2. The first-order chi connectivity index (χ1) is 13.1. The van der Waals surface area contributed by atoms with E-state index < -0.39 is 0 Å². The van der Waals surface area contributed by atoms with Gasteiger partial charge in [0.2, 0.25) is 0 Å². The van der Waals surface area contributed by atoms with Crippen LogP contribution in [0.15, 0.2) is 49.2 Å². The number of aryl methyl sites for hydroxylation is 1.